The van der Waals surface area contributed by atoms with Crippen LogP contribution in [0.3, 0.4) is 0 Å². The summed E-state index contributed by atoms with van der Waals surface area (Å²) in [6.45, 7) is 10.8. The number of rotatable bonds is 5. The summed E-state index contributed by atoms with van der Waals surface area (Å²) < 4.78 is 0. The van der Waals surface area contributed by atoms with Crippen LogP contribution in [-0.4, -0.2) is 24.6 Å². The highest BCUT2D eigenvalue weighted by Crippen LogP contribution is 2.22. The van der Waals surface area contributed by atoms with Crippen LogP contribution in [0.2, 0.25) is 0 Å². The van der Waals surface area contributed by atoms with E-state index in [9.17, 15) is 0 Å². The third kappa shape index (κ3) is 4.50. The third-order valence-corrected chi connectivity index (χ3v) is 3.44. The standard InChI is InChI=1S/C16H27N3/c1-12-13(10-17-14-7-8-14)6-9-15(18-12)19(5)11-16(2,3)4/h6,9,14,17H,7-8,10-11H2,1-5H3. The Morgan fingerprint density at radius 3 is 2.53 bits per heavy atom. The number of aromatic nitrogens is 1. The van der Waals surface area contributed by atoms with E-state index in [1.807, 2.05) is 0 Å². The van der Waals surface area contributed by atoms with E-state index in [1.54, 1.807) is 0 Å². The highest BCUT2D eigenvalue weighted by molar-refractivity contribution is 5.41. The number of pyridine rings is 1. The van der Waals surface area contributed by atoms with E-state index < -0.39 is 0 Å². The van der Waals surface area contributed by atoms with Crippen LogP contribution >= 0.6 is 0 Å². The second kappa shape index (κ2) is 5.49. The monoisotopic (exact) mass is 261 g/mol. The van der Waals surface area contributed by atoms with Crippen LogP contribution in [0.25, 0.3) is 0 Å². The Morgan fingerprint density at radius 2 is 2.00 bits per heavy atom. The largest absolute Gasteiger partial charge is 0.359 e. The Morgan fingerprint density at radius 1 is 1.32 bits per heavy atom. The molecule has 0 unspecified atom stereocenters. The molecule has 3 heteroatoms. The molecule has 1 fully saturated rings. The number of anilines is 1. The Labute approximate surface area is 117 Å². The molecule has 3 nitrogen and oxygen atoms in total. The van der Waals surface area contributed by atoms with Gasteiger partial charge in [-0.25, -0.2) is 4.98 Å². The summed E-state index contributed by atoms with van der Waals surface area (Å²) in [5.41, 5.74) is 2.75. The number of aryl methyl sites for hydroxylation is 1. The topological polar surface area (TPSA) is 28.2 Å². The molecule has 1 aromatic rings. The van der Waals surface area contributed by atoms with Crippen LogP contribution in [0.15, 0.2) is 12.1 Å². The molecule has 1 heterocycles. The summed E-state index contributed by atoms with van der Waals surface area (Å²) in [5.74, 6) is 1.07. The Hall–Kier alpha value is -1.09. The van der Waals surface area contributed by atoms with E-state index in [-0.39, 0.29) is 5.41 Å². The molecular formula is C16H27N3. The first-order chi connectivity index (χ1) is 8.85. The first-order valence-corrected chi connectivity index (χ1v) is 7.26. The average Bonchev–Trinajstić information content (AvgIpc) is 3.08. The van der Waals surface area contributed by atoms with Gasteiger partial charge in [-0.1, -0.05) is 26.8 Å². The van der Waals surface area contributed by atoms with E-state index >= 15 is 0 Å². The number of hydrogen-bond donors (Lipinski definition) is 1. The molecule has 0 amide bonds. The maximum absolute atomic E-state index is 4.74. The van der Waals surface area contributed by atoms with Gasteiger partial charge in [0.15, 0.2) is 0 Å². The molecule has 19 heavy (non-hydrogen) atoms. The van der Waals surface area contributed by atoms with Crippen molar-refractivity contribution >= 4 is 5.82 Å². The lowest BCUT2D eigenvalue weighted by Crippen LogP contribution is -2.30. The summed E-state index contributed by atoms with van der Waals surface area (Å²) in [7, 11) is 2.12. The van der Waals surface area contributed by atoms with E-state index in [0.29, 0.717) is 0 Å². The minimum Gasteiger partial charge on any atom is -0.359 e. The quantitative estimate of drug-likeness (QED) is 0.882. The van der Waals surface area contributed by atoms with Crippen LogP contribution in [0, 0.1) is 12.3 Å². The second-order valence-electron chi connectivity index (χ2n) is 6.99. The highest BCUT2D eigenvalue weighted by Gasteiger charge is 2.20. The van der Waals surface area contributed by atoms with Gasteiger partial charge in [-0.2, -0.15) is 0 Å². The molecule has 1 aliphatic rings. The van der Waals surface area contributed by atoms with Crippen LogP contribution in [0.4, 0.5) is 5.82 Å². The number of nitrogens with zero attached hydrogens (tertiary/aromatic N) is 2. The van der Waals surface area contributed by atoms with Crippen LogP contribution < -0.4 is 10.2 Å². The van der Waals surface area contributed by atoms with Crippen LogP contribution in [-0.2, 0) is 6.54 Å². The molecule has 1 aliphatic carbocycles. The summed E-state index contributed by atoms with van der Waals surface area (Å²) >= 11 is 0. The lowest BCUT2D eigenvalue weighted by Gasteiger charge is -2.27. The highest BCUT2D eigenvalue weighted by atomic mass is 15.2. The van der Waals surface area contributed by atoms with Gasteiger partial charge in [-0.3, -0.25) is 0 Å². The SMILES string of the molecule is Cc1nc(N(C)CC(C)(C)C)ccc1CNC1CC1. The van der Waals surface area contributed by atoms with Crippen molar-refractivity contribution in [2.75, 3.05) is 18.5 Å². The fourth-order valence-electron chi connectivity index (χ4n) is 2.31. The molecule has 2 rings (SSSR count). The Bertz CT molecular complexity index is 430. The first-order valence-electron chi connectivity index (χ1n) is 7.26. The molecular weight excluding hydrogens is 234 g/mol. The summed E-state index contributed by atoms with van der Waals surface area (Å²) in [5, 5.41) is 3.55. The van der Waals surface area contributed by atoms with E-state index in [4.69, 9.17) is 4.98 Å². The van der Waals surface area contributed by atoms with Gasteiger partial charge in [0.05, 0.1) is 0 Å². The van der Waals surface area contributed by atoms with Crippen LogP contribution in [0.5, 0.6) is 0 Å². The molecule has 0 aromatic carbocycles. The van der Waals surface area contributed by atoms with Crippen molar-refractivity contribution in [3.05, 3.63) is 23.4 Å². The van der Waals surface area contributed by atoms with Gasteiger partial charge in [0.25, 0.3) is 0 Å². The van der Waals surface area contributed by atoms with Crippen molar-refractivity contribution in [1.82, 2.24) is 10.3 Å². The van der Waals surface area contributed by atoms with E-state index in [1.165, 1.54) is 18.4 Å². The fraction of sp³-hybridized carbons (Fsp3) is 0.688. The van der Waals surface area contributed by atoms with Gasteiger partial charge < -0.3 is 10.2 Å². The van der Waals surface area contributed by atoms with Crippen molar-refractivity contribution in [3.8, 4) is 0 Å². The molecule has 1 saturated carbocycles. The minimum absolute atomic E-state index is 0.288. The van der Waals surface area contributed by atoms with Crippen molar-refractivity contribution in [3.63, 3.8) is 0 Å². The number of hydrogen-bond acceptors (Lipinski definition) is 3. The van der Waals surface area contributed by atoms with Gasteiger partial charge in [-0.15, -0.1) is 0 Å². The average molecular weight is 261 g/mol. The van der Waals surface area contributed by atoms with Gasteiger partial charge in [-0.05, 0) is 36.8 Å². The zero-order chi connectivity index (χ0) is 14.0. The van der Waals surface area contributed by atoms with Crippen molar-refractivity contribution in [2.45, 2.75) is 53.1 Å². The Kier molecular flexibility index (Phi) is 4.14. The van der Waals surface area contributed by atoms with Gasteiger partial charge in [0.2, 0.25) is 0 Å². The molecule has 1 aromatic heterocycles. The van der Waals surface area contributed by atoms with Crippen LogP contribution in [0.1, 0.15) is 44.9 Å². The third-order valence-electron chi connectivity index (χ3n) is 3.44. The van der Waals surface area contributed by atoms with Gasteiger partial charge in [0.1, 0.15) is 5.82 Å². The molecule has 0 aliphatic heterocycles. The second-order valence-corrected chi connectivity index (χ2v) is 6.99. The predicted molar refractivity (Wildman–Crippen MR) is 81.6 cm³/mol. The van der Waals surface area contributed by atoms with Crippen molar-refractivity contribution in [2.24, 2.45) is 5.41 Å². The van der Waals surface area contributed by atoms with Crippen molar-refractivity contribution in [1.29, 1.82) is 0 Å². The zero-order valence-corrected chi connectivity index (χ0v) is 13.0. The van der Waals surface area contributed by atoms with E-state index in [0.717, 1.165) is 30.6 Å². The normalized spacial score (nSPS) is 15.6. The lowest BCUT2D eigenvalue weighted by molar-refractivity contribution is 0.417. The Balaban J connectivity index is 2.00. The predicted octanol–water partition coefficient (Wildman–Crippen LogP) is 3.12. The fourth-order valence-corrected chi connectivity index (χ4v) is 2.31. The first kappa shape index (κ1) is 14.3. The van der Waals surface area contributed by atoms with Gasteiger partial charge in [0, 0.05) is 31.9 Å². The molecule has 0 bridgehead atoms. The summed E-state index contributed by atoms with van der Waals surface area (Å²) in [4.78, 5) is 6.98. The van der Waals surface area contributed by atoms with Crippen molar-refractivity contribution < 1.29 is 0 Å². The molecule has 0 spiro atoms. The number of nitrogens with one attached hydrogen (secondary N) is 1. The summed E-state index contributed by atoms with van der Waals surface area (Å²) in [6, 6.07) is 5.11. The molecule has 0 atom stereocenters. The minimum atomic E-state index is 0.288. The van der Waals surface area contributed by atoms with Gasteiger partial charge >= 0.3 is 0 Å². The maximum atomic E-state index is 4.74. The molecule has 1 N–H and O–H groups in total. The maximum Gasteiger partial charge on any atom is 0.128 e. The molecule has 106 valence electrons. The van der Waals surface area contributed by atoms with E-state index in [2.05, 4.69) is 57.1 Å². The molecule has 0 saturated heterocycles. The summed E-state index contributed by atoms with van der Waals surface area (Å²) in [6.07, 6.45) is 2.66. The molecule has 0 radical (unpaired) electrons. The zero-order valence-electron chi connectivity index (χ0n) is 13.0. The smallest absolute Gasteiger partial charge is 0.128 e. The lowest BCUT2D eigenvalue weighted by atomic mass is 9.96.